The van der Waals surface area contributed by atoms with Crippen LogP contribution in [-0.4, -0.2) is 55.9 Å². The topological polar surface area (TPSA) is 74.2 Å². The molecule has 202 valence electrons. The van der Waals surface area contributed by atoms with Gasteiger partial charge in [-0.2, -0.15) is 5.10 Å². The van der Waals surface area contributed by atoms with Crippen molar-refractivity contribution in [3.63, 3.8) is 0 Å². The van der Waals surface area contributed by atoms with Gasteiger partial charge in [0, 0.05) is 36.4 Å². The molecular weight excluding hydrogens is 488 g/mol. The number of hydrogen-bond donors (Lipinski definition) is 1. The number of fused-ring (bicyclic) bond motifs is 1. The van der Waals surface area contributed by atoms with Crippen LogP contribution in [0.3, 0.4) is 0 Å². The molecule has 1 amide bonds. The molecule has 1 saturated heterocycles. The number of para-hydroxylation sites is 1. The molecule has 1 heterocycles. The fourth-order valence-electron chi connectivity index (χ4n) is 5.32. The zero-order valence-corrected chi connectivity index (χ0v) is 22.5. The number of hydrogen-bond acceptors (Lipinski definition) is 6. The van der Waals surface area contributed by atoms with E-state index in [4.69, 9.17) is 4.74 Å². The maximum Gasteiger partial charge on any atom is 0.306 e. The molecule has 3 aromatic rings. The average molecular weight is 525 g/mol. The van der Waals surface area contributed by atoms with E-state index in [1.54, 1.807) is 0 Å². The first-order valence-corrected chi connectivity index (χ1v) is 13.8. The standard InChI is InChI=1S/C32H36N4O3/c1-2-39-31(37)21-25-10-11-26-14-15-29(22-28(26)20-25)34-32(38)27-12-8-24(9-13-27)23-33-36-18-16-35(17-19-36)30-6-4-3-5-7-30/h3-9,12-15,22-23,25H,2,10-11,16-21H2,1H3,(H,34,38)/b33-23+. The van der Waals surface area contributed by atoms with Crippen LogP contribution in [0.15, 0.2) is 77.9 Å². The van der Waals surface area contributed by atoms with Crippen molar-refractivity contribution >= 4 is 29.5 Å². The normalized spacial score (nSPS) is 17.1. The van der Waals surface area contributed by atoms with Gasteiger partial charge in [-0.3, -0.25) is 14.6 Å². The van der Waals surface area contributed by atoms with Crippen LogP contribution in [0, 0.1) is 5.92 Å². The molecule has 0 spiro atoms. The number of nitrogens with one attached hydrogen (secondary N) is 1. The molecule has 0 radical (unpaired) electrons. The van der Waals surface area contributed by atoms with Crippen molar-refractivity contribution in [1.29, 1.82) is 0 Å². The molecule has 5 rings (SSSR count). The lowest BCUT2D eigenvalue weighted by atomic mass is 9.82. The first-order valence-electron chi connectivity index (χ1n) is 13.8. The molecule has 3 aromatic carbocycles. The first-order chi connectivity index (χ1) is 19.1. The van der Waals surface area contributed by atoms with Crippen molar-refractivity contribution in [3.8, 4) is 0 Å². The number of carbonyl (C=O) groups excluding carboxylic acids is 2. The van der Waals surface area contributed by atoms with Gasteiger partial charge in [-0.25, -0.2) is 0 Å². The van der Waals surface area contributed by atoms with Gasteiger partial charge in [-0.05, 0) is 85.2 Å². The van der Waals surface area contributed by atoms with E-state index in [0.717, 1.165) is 56.7 Å². The number of amides is 1. The summed E-state index contributed by atoms with van der Waals surface area (Å²) in [6.07, 6.45) is 5.06. The van der Waals surface area contributed by atoms with Gasteiger partial charge in [0.25, 0.3) is 5.91 Å². The number of esters is 1. The van der Waals surface area contributed by atoms with Crippen molar-refractivity contribution in [2.24, 2.45) is 11.0 Å². The van der Waals surface area contributed by atoms with Gasteiger partial charge in [-0.1, -0.05) is 36.4 Å². The number of rotatable bonds is 8. The summed E-state index contributed by atoms with van der Waals surface area (Å²) in [6, 6.07) is 24.1. The Morgan fingerprint density at radius 3 is 2.49 bits per heavy atom. The highest BCUT2D eigenvalue weighted by molar-refractivity contribution is 6.04. The minimum atomic E-state index is -0.144. The Balaban J connectivity index is 1.13. The molecule has 2 aliphatic rings. The quantitative estimate of drug-likeness (QED) is 0.326. The Kier molecular flexibility index (Phi) is 8.56. The van der Waals surface area contributed by atoms with Crippen LogP contribution in [0.1, 0.15) is 46.8 Å². The van der Waals surface area contributed by atoms with E-state index in [9.17, 15) is 9.59 Å². The predicted octanol–water partition coefficient (Wildman–Crippen LogP) is 5.15. The van der Waals surface area contributed by atoms with E-state index in [1.165, 1.54) is 16.8 Å². The minimum Gasteiger partial charge on any atom is -0.466 e. The van der Waals surface area contributed by atoms with Gasteiger partial charge >= 0.3 is 5.97 Å². The highest BCUT2D eigenvalue weighted by Gasteiger charge is 2.22. The Bertz CT molecular complexity index is 1300. The van der Waals surface area contributed by atoms with Crippen LogP contribution in [0.2, 0.25) is 0 Å². The van der Waals surface area contributed by atoms with E-state index < -0.39 is 0 Å². The summed E-state index contributed by atoms with van der Waals surface area (Å²) in [7, 11) is 0. The second kappa shape index (κ2) is 12.6. The number of benzene rings is 3. The van der Waals surface area contributed by atoms with Crippen molar-refractivity contribution in [2.75, 3.05) is 43.0 Å². The third-order valence-corrected chi connectivity index (χ3v) is 7.48. The maximum atomic E-state index is 12.9. The first kappa shape index (κ1) is 26.5. The van der Waals surface area contributed by atoms with Gasteiger partial charge in [0.1, 0.15) is 0 Å². The molecule has 0 saturated carbocycles. The van der Waals surface area contributed by atoms with Gasteiger partial charge in [-0.15, -0.1) is 0 Å². The molecule has 1 unspecified atom stereocenters. The van der Waals surface area contributed by atoms with Crippen molar-refractivity contribution < 1.29 is 14.3 Å². The monoisotopic (exact) mass is 524 g/mol. The SMILES string of the molecule is CCOC(=O)CC1CCc2ccc(NC(=O)c3ccc(/C=N/N4CCN(c5ccccc5)CC4)cc3)cc2C1. The number of piperazine rings is 1. The van der Waals surface area contributed by atoms with Crippen LogP contribution in [0.4, 0.5) is 11.4 Å². The Hall–Kier alpha value is -4.13. The van der Waals surface area contributed by atoms with Crippen molar-refractivity contribution in [2.45, 2.75) is 32.6 Å². The summed E-state index contributed by atoms with van der Waals surface area (Å²) in [4.78, 5) is 27.2. The van der Waals surface area contributed by atoms with Gasteiger partial charge < -0.3 is 15.0 Å². The van der Waals surface area contributed by atoms with Gasteiger partial charge in [0.05, 0.1) is 25.9 Å². The molecule has 1 N–H and O–H groups in total. The van der Waals surface area contributed by atoms with Crippen LogP contribution in [-0.2, 0) is 22.4 Å². The molecule has 7 nitrogen and oxygen atoms in total. The van der Waals surface area contributed by atoms with E-state index in [0.29, 0.717) is 18.6 Å². The van der Waals surface area contributed by atoms with Crippen molar-refractivity contribution in [3.05, 3.63) is 95.1 Å². The summed E-state index contributed by atoms with van der Waals surface area (Å²) in [5.74, 6) is 0.00771. The molecule has 0 bridgehead atoms. The van der Waals surface area contributed by atoms with E-state index in [1.807, 2.05) is 55.6 Å². The van der Waals surface area contributed by atoms with Crippen LogP contribution in [0.25, 0.3) is 0 Å². The summed E-state index contributed by atoms with van der Waals surface area (Å²) in [6.45, 7) is 5.87. The highest BCUT2D eigenvalue weighted by Crippen LogP contribution is 2.30. The zero-order valence-electron chi connectivity index (χ0n) is 22.5. The second-order valence-electron chi connectivity index (χ2n) is 10.2. The molecule has 7 heteroatoms. The Labute approximate surface area is 230 Å². The van der Waals surface area contributed by atoms with Gasteiger partial charge in [0.2, 0.25) is 0 Å². The molecule has 1 aliphatic heterocycles. The number of anilines is 2. The molecule has 1 fully saturated rings. The number of ether oxygens (including phenoxy) is 1. The lowest BCUT2D eigenvalue weighted by Crippen LogP contribution is -2.44. The van der Waals surface area contributed by atoms with Crippen LogP contribution < -0.4 is 10.2 Å². The third kappa shape index (κ3) is 7.05. The van der Waals surface area contributed by atoms with E-state index >= 15 is 0 Å². The maximum absolute atomic E-state index is 12.9. The fraction of sp³-hybridized carbons (Fsp3) is 0.344. The third-order valence-electron chi connectivity index (χ3n) is 7.48. The van der Waals surface area contributed by atoms with Gasteiger partial charge in [0.15, 0.2) is 0 Å². The zero-order chi connectivity index (χ0) is 27.0. The van der Waals surface area contributed by atoms with Crippen LogP contribution >= 0.6 is 0 Å². The average Bonchev–Trinajstić information content (AvgIpc) is 2.97. The molecule has 0 aromatic heterocycles. The summed E-state index contributed by atoms with van der Waals surface area (Å²) in [5, 5.41) is 9.77. The molecule has 39 heavy (non-hydrogen) atoms. The number of carbonyl (C=O) groups is 2. The summed E-state index contributed by atoms with van der Waals surface area (Å²) in [5.41, 5.74) is 6.07. The number of aryl methyl sites for hydroxylation is 1. The molecule has 1 aliphatic carbocycles. The summed E-state index contributed by atoms with van der Waals surface area (Å²) >= 11 is 0. The highest BCUT2D eigenvalue weighted by atomic mass is 16.5. The Morgan fingerprint density at radius 2 is 1.74 bits per heavy atom. The molecular formula is C32H36N4O3. The van der Waals surface area contributed by atoms with Crippen molar-refractivity contribution in [1.82, 2.24) is 5.01 Å². The number of nitrogens with zero attached hydrogens (tertiary/aromatic N) is 3. The predicted molar refractivity (Wildman–Crippen MR) is 155 cm³/mol. The second-order valence-corrected chi connectivity index (χ2v) is 10.2. The summed E-state index contributed by atoms with van der Waals surface area (Å²) < 4.78 is 5.12. The molecule has 1 atom stereocenters. The lowest BCUT2D eigenvalue weighted by Gasteiger charge is -2.34. The lowest BCUT2D eigenvalue weighted by molar-refractivity contribution is -0.144. The largest absolute Gasteiger partial charge is 0.466 e. The fourth-order valence-corrected chi connectivity index (χ4v) is 5.32. The smallest absolute Gasteiger partial charge is 0.306 e. The minimum absolute atomic E-state index is 0.130. The van der Waals surface area contributed by atoms with E-state index in [2.05, 4.69) is 50.7 Å². The number of hydrazone groups is 1. The Morgan fingerprint density at radius 1 is 0.974 bits per heavy atom. The van der Waals surface area contributed by atoms with Crippen LogP contribution in [0.5, 0.6) is 0 Å². The van der Waals surface area contributed by atoms with E-state index in [-0.39, 0.29) is 17.8 Å².